The molecule has 1 aromatic rings. The van der Waals surface area contributed by atoms with Crippen LogP contribution in [0, 0.1) is 0 Å². The Bertz CT molecular complexity index is 320. The Morgan fingerprint density at radius 1 is 1.00 bits per heavy atom. The van der Waals surface area contributed by atoms with E-state index in [1.54, 1.807) is 14.2 Å². The van der Waals surface area contributed by atoms with Gasteiger partial charge in [-0.2, -0.15) is 0 Å². The monoisotopic (exact) mass is 245 g/mol. The second kappa shape index (κ2) is 5.82. The highest BCUT2D eigenvalue weighted by molar-refractivity contribution is 5.85. The van der Waals surface area contributed by atoms with Crippen LogP contribution in [0.1, 0.15) is 0 Å². The lowest BCUT2D eigenvalue weighted by Crippen LogP contribution is -2.50. The largest absolute Gasteiger partial charge is 0.496 e. The SMILES string of the molecule is COc1cc(OC)cc(OC2CNC2)c1.Cl. The molecule has 1 fully saturated rings. The summed E-state index contributed by atoms with van der Waals surface area (Å²) in [5, 5.41) is 3.15. The van der Waals surface area contributed by atoms with Crippen LogP contribution in [0.25, 0.3) is 0 Å². The van der Waals surface area contributed by atoms with Crippen LogP contribution >= 0.6 is 12.4 Å². The van der Waals surface area contributed by atoms with Gasteiger partial charge in [0.2, 0.25) is 0 Å². The van der Waals surface area contributed by atoms with E-state index in [0.29, 0.717) is 0 Å². The van der Waals surface area contributed by atoms with Gasteiger partial charge in [0.1, 0.15) is 23.4 Å². The van der Waals surface area contributed by atoms with Gasteiger partial charge in [0.05, 0.1) is 14.2 Å². The molecule has 0 aromatic heterocycles. The zero-order chi connectivity index (χ0) is 10.7. The molecular weight excluding hydrogens is 230 g/mol. The molecule has 1 aliphatic rings. The Labute approximate surface area is 101 Å². The summed E-state index contributed by atoms with van der Waals surface area (Å²) in [5.41, 5.74) is 0. The third-order valence-electron chi connectivity index (χ3n) is 2.37. The van der Waals surface area contributed by atoms with Gasteiger partial charge in [0, 0.05) is 31.3 Å². The maximum Gasteiger partial charge on any atom is 0.127 e. The molecule has 0 atom stereocenters. The van der Waals surface area contributed by atoms with Crippen molar-refractivity contribution >= 4 is 12.4 Å². The van der Waals surface area contributed by atoms with Gasteiger partial charge in [0.25, 0.3) is 0 Å². The van der Waals surface area contributed by atoms with Gasteiger partial charge in [-0.1, -0.05) is 0 Å². The second-order valence-electron chi connectivity index (χ2n) is 3.45. The van der Waals surface area contributed by atoms with Gasteiger partial charge in [-0.15, -0.1) is 12.4 Å². The van der Waals surface area contributed by atoms with Gasteiger partial charge in [0.15, 0.2) is 0 Å². The Hall–Kier alpha value is -1.13. The average molecular weight is 246 g/mol. The summed E-state index contributed by atoms with van der Waals surface area (Å²) < 4.78 is 16.0. The lowest BCUT2D eigenvalue weighted by atomic mass is 10.2. The highest BCUT2D eigenvalue weighted by Crippen LogP contribution is 2.28. The van der Waals surface area contributed by atoms with Crippen LogP contribution in [-0.2, 0) is 0 Å². The number of hydrogen-bond donors (Lipinski definition) is 1. The highest BCUT2D eigenvalue weighted by Gasteiger charge is 2.18. The fraction of sp³-hybridized carbons (Fsp3) is 0.455. The molecule has 5 heteroatoms. The Kier molecular flexibility index (Phi) is 4.71. The molecule has 0 amide bonds. The van der Waals surface area contributed by atoms with Crippen molar-refractivity contribution in [3.05, 3.63) is 18.2 Å². The molecule has 1 heterocycles. The summed E-state index contributed by atoms with van der Waals surface area (Å²) in [7, 11) is 3.26. The van der Waals surface area contributed by atoms with E-state index in [-0.39, 0.29) is 18.5 Å². The van der Waals surface area contributed by atoms with Crippen molar-refractivity contribution < 1.29 is 14.2 Å². The molecule has 0 bridgehead atoms. The zero-order valence-corrected chi connectivity index (χ0v) is 10.2. The van der Waals surface area contributed by atoms with Crippen LogP contribution in [0.5, 0.6) is 17.2 Å². The molecule has 1 aromatic carbocycles. The number of rotatable bonds is 4. The van der Waals surface area contributed by atoms with Gasteiger partial charge >= 0.3 is 0 Å². The number of benzene rings is 1. The van der Waals surface area contributed by atoms with Gasteiger partial charge in [-0.3, -0.25) is 0 Å². The van der Waals surface area contributed by atoms with Crippen molar-refractivity contribution in [1.29, 1.82) is 0 Å². The van der Waals surface area contributed by atoms with Crippen molar-refractivity contribution in [3.63, 3.8) is 0 Å². The predicted molar refractivity (Wildman–Crippen MR) is 64.1 cm³/mol. The molecule has 0 unspecified atom stereocenters. The topological polar surface area (TPSA) is 39.7 Å². The smallest absolute Gasteiger partial charge is 0.127 e. The fourth-order valence-electron chi connectivity index (χ4n) is 1.39. The lowest BCUT2D eigenvalue weighted by Gasteiger charge is -2.28. The highest BCUT2D eigenvalue weighted by atomic mass is 35.5. The lowest BCUT2D eigenvalue weighted by molar-refractivity contribution is 0.141. The standard InChI is InChI=1S/C11H15NO3.ClH/c1-13-8-3-9(14-2)5-10(4-8)15-11-6-12-7-11;/h3-5,11-12H,6-7H2,1-2H3;1H. The Balaban J connectivity index is 0.00000128. The quantitative estimate of drug-likeness (QED) is 0.872. The minimum Gasteiger partial charge on any atom is -0.496 e. The van der Waals surface area contributed by atoms with Crippen LogP contribution in [0.2, 0.25) is 0 Å². The van der Waals surface area contributed by atoms with Crippen LogP contribution < -0.4 is 19.5 Å². The maximum atomic E-state index is 5.71. The van der Waals surface area contributed by atoms with Crippen molar-refractivity contribution in [3.8, 4) is 17.2 Å². The van der Waals surface area contributed by atoms with Crippen molar-refractivity contribution in [2.75, 3.05) is 27.3 Å². The first kappa shape index (κ1) is 12.9. The van der Waals surface area contributed by atoms with E-state index < -0.39 is 0 Å². The van der Waals surface area contributed by atoms with Crippen molar-refractivity contribution in [1.82, 2.24) is 5.32 Å². The first-order valence-electron chi connectivity index (χ1n) is 4.92. The van der Waals surface area contributed by atoms with E-state index in [9.17, 15) is 0 Å². The van der Waals surface area contributed by atoms with Gasteiger partial charge < -0.3 is 19.5 Å². The zero-order valence-electron chi connectivity index (χ0n) is 9.36. The molecule has 0 spiro atoms. The van der Waals surface area contributed by atoms with E-state index in [4.69, 9.17) is 14.2 Å². The third kappa shape index (κ3) is 2.93. The molecule has 16 heavy (non-hydrogen) atoms. The average Bonchev–Trinajstić information content (AvgIpc) is 2.23. The fourth-order valence-corrected chi connectivity index (χ4v) is 1.39. The maximum absolute atomic E-state index is 5.71. The molecule has 90 valence electrons. The number of ether oxygens (including phenoxy) is 3. The minimum absolute atomic E-state index is 0. The molecule has 0 aliphatic carbocycles. The number of halogens is 1. The van der Waals surface area contributed by atoms with Crippen LogP contribution in [0.15, 0.2) is 18.2 Å². The molecule has 0 radical (unpaired) electrons. The van der Waals surface area contributed by atoms with E-state index in [2.05, 4.69) is 5.32 Å². The minimum atomic E-state index is 0. The number of methoxy groups -OCH3 is 2. The van der Waals surface area contributed by atoms with Gasteiger partial charge in [-0.25, -0.2) is 0 Å². The first-order chi connectivity index (χ1) is 7.31. The molecular formula is C11H16ClNO3. The normalized spacial score (nSPS) is 14.6. The predicted octanol–water partition coefficient (Wildman–Crippen LogP) is 1.48. The summed E-state index contributed by atoms with van der Waals surface area (Å²) in [6.45, 7) is 1.80. The van der Waals surface area contributed by atoms with E-state index in [1.807, 2.05) is 18.2 Å². The Morgan fingerprint density at radius 3 is 1.88 bits per heavy atom. The van der Waals surface area contributed by atoms with E-state index in [0.717, 1.165) is 30.3 Å². The number of nitrogens with one attached hydrogen (secondary N) is 1. The van der Waals surface area contributed by atoms with E-state index >= 15 is 0 Å². The molecule has 4 nitrogen and oxygen atoms in total. The molecule has 1 aliphatic heterocycles. The summed E-state index contributed by atoms with van der Waals surface area (Å²) in [6.07, 6.45) is 0.266. The molecule has 0 saturated carbocycles. The van der Waals surface area contributed by atoms with Crippen LogP contribution in [0.4, 0.5) is 0 Å². The summed E-state index contributed by atoms with van der Waals surface area (Å²) in [4.78, 5) is 0. The molecule has 2 rings (SSSR count). The Morgan fingerprint density at radius 2 is 1.50 bits per heavy atom. The van der Waals surface area contributed by atoms with Crippen LogP contribution in [0.3, 0.4) is 0 Å². The first-order valence-corrected chi connectivity index (χ1v) is 4.92. The van der Waals surface area contributed by atoms with Crippen molar-refractivity contribution in [2.24, 2.45) is 0 Å². The summed E-state index contributed by atoms with van der Waals surface area (Å²) in [6, 6.07) is 5.55. The number of hydrogen-bond acceptors (Lipinski definition) is 4. The molecule has 1 saturated heterocycles. The summed E-state index contributed by atoms with van der Waals surface area (Å²) in [5.74, 6) is 2.28. The third-order valence-corrected chi connectivity index (χ3v) is 2.37. The van der Waals surface area contributed by atoms with E-state index in [1.165, 1.54) is 0 Å². The molecule has 1 N–H and O–H groups in total. The van der Waals surface area contributed by atoms with Gasteiger partial charge in [-0.05, 0) is 0 Å². The second-order valence-corrected chi connectivity index (χ2v) is 3.45. The van der Waals surface area contributed by atoms with Crippen LogP contribution in [-0.4, -0.2) is 33.4 Å². The summed E-state index contributed by atoms with van der Waals surface area (Å²) >= 11 is 0. The van der Waals surface area contributed by atoms with Crippen molar-refractivity contribution in [2.45, 2.75) is 6.10 Å².